The topological polar surface area (TPSA) is 25.2 Å². The van der Waals surface area contributed by atoms with Crippen LogP contribution in [0.3, 0.4) is 0 Å². The average Bonchev–Trinajstić information content (AvgIpc) is 2.87. The summed E-state index contributed by atoms with van der Waals surface area (Å²) in [6, 6.07) is 11.1. The first kappa shape index (κ1) is 14.9. The van der Waals surface area contributed by atoms with E-state index in [0.29, 0.717) is 0 Å². The summed E-state index contributed by atoms with van der Waals surface area (Å²) in [4.78, 5) is 0. The lowest BCUT2D eigenvalue weighted by Gasteiger charge is -2.21. The quantitative estimate of drug-likeness (QED) is 0.889. The summed E-state index contributed by atoms with van der Waals surface area (Å²) in [5.74, 6) is 1.06. The molecule has 1 unspecified atom stereocenters. The van der Waals surface area contributed by atoms with Crippen molar-refractivity contribution in [2.45, 2.75) is 45.6 Å². The van der Waals surface area contributed by atoms with Crippen molar-refractivity contribution < 1.29 is 4.42 Å². The molecule has 20 heavy (non-hydrogen) atoms. The maximum atomic E-state index is 5.56. The molecule has 0 aliphatic carbocycles. The van der Waals surface area contributed by atoms with Gasteiger partial charge in [0.1, 0.15) is 5.76 Å². The highest BCUT2D eigenvalue weighted by molar-refractivity contribution is 5.36. The standard InChI is InChI=1S/C18H25NO/c1-6-16-15(11-12-20-16)17(19-5)13-7-9-14(10-8-13)18(2,3)4/h7-12,17,19H,6H2,1-5H3. The van der Waals surface area contributed by atoms with Gasteiger partial charge in [-0.05, 0) is 29.7 Å². The number of furan rings is 1. The fourth-order valence-corrected chi connectivity index (χ4v) is 2.57. The van der Waals surface area contributed by atoms with E-state index in [1.807, 2.05) is 7.05 Å². The second-order valence-electron chi connectivity index (χ2n) is 6.25. The third kappa shape index (κ3) is 2.96. The molecule has 2 rings (SSSR count). The summed E-state index contributed by atoms with van der Waals surface area (Å²) in [5, 5.41) is 3.39. The van der Waals surface area contributed by atoms with Crippen molar-refractivity contribution in [3.05, 3.63) is 59.0 Å². The van der Waals surface area contributed by atoms with Gasteiger partial charge in [-0.25, -0.2) is 0 Å². The molecule has 1 aromatic heterocycles. The van der Waals surface area contributed by atoms with Gasteiger partial charge in [0.15, 0.2) is 0 Å². The molecule has 0 fully saturated rings. The number of hydrogen-bond acceptors (Lipinski definition) is 2. The van der Waals surface area contributed by atoms with E-state index in [2.05, 4.69) is 63.3 Å². The molecule has 0 aliphatic rings. The first-order valence-electron chi connectivity index (χ1n) is 7.31. The Balaban J connectivity index is 2.33. The molecule has 1 aromatic carbocycles. The van der Waals surface area contributed by atoms with Gasteiger partial charge in [0, 0.05) is 12.0 Å². The number of hydrogen-bond donors (Lipinski definition) is 1. The highest BCUT2D eigenvalue weighted by Gasteiger charge is 2.19. The molecule has 0 aliphatic heterocycles. The zero-order valence-corrected chi connectivity index (χ0v) is 13.2. The predicted octanol–water partition coefficient (Wildman–Crippen LogP) is 4.45. The fraction of sp³-hybridized carbons (Fsp3) is 0.444. The van der Waals surface area contributed by atoms with Crippen LogP contribution in [-0.4, -0.2) is 7.05 Å². The molecule has 2 nitrogen and oxygen atoms in total. The van der Waals surface area contributed by atoms with Gasteiger partial charge in [-0.2, -0.15) is 0 Å². The molecule has 0 saturated heterocycles. The van der Waals surface area contributed by atoms with Crippen LogP contribution in [0.5, 0.6) is 0 Å². The van der Waals surface area contributed by atoms with Gasteiger partial charge in [0.2, 0.25) is 0 Å². The smallest absolute Gasteiger partial charge is 0.108 e. The molecule has 0 spiro atoms. The van der Waals surface area contributed by atoms with Gasteiger partial charge < -0.3 is 9.73 Å². The molecule has 0 amide bonds. The van der Waals surface area contributed by atoms with Crippen molar-refractivity contribution in [1.82, 2.24) is 5.32 Å². The van der Waals surface area contributed by atoms with Crippen molar-refractivity contribution in [2.24, 2.45) is 0 Å². The number of nitrogens with one attached hydrogen (secondary N) is 1. The van der Waals surface area contributed by atoms with E-state index in [0.717, 1.165) is 12.2 Å². The lowest BCUT2D eigenvalue weighted by molar-refractivity contribution is 0.504. The Kier molecular flexibility index (Phi) is 4.34. The molecular formula is C18H25NO. The molecular weight excluding hydrogens is 246 g/mol. The van der Waals surface area contributed by atoms with Gasteiger partial charge in [-0.3, -0.25) is 0 Å². The van der Waals surface area contributed by atoms with Gasteiger partial charge in [0.05, 0.1) is 12.3 Å². The van der Waals surface area contributed by atoms with Crippen molar-refractivity contribution in [1.29, 1.82) is 0 Å². The van der Waals surface area contributed by atoms with Gasteiger partial charge in [-0.1, -0.05) is 52.0 Å². The van der Waals surface area contributed by atoms with Crippen LogP contribution < -0.4 is 5.32 Å². The normalized spacial score (nSPS) is 13.4. The Hall–Kier alpha value is -1.54. The molecule has 108 valence electrons. The van der Waals surface area contributed by atoms with Crippen LogP contribution in [0.25, 0.3) is 0 Å². The average molecular weight is 271 g/mol. The van der Waals surface area contributed by atoms with Crippen LogP contribution >= 0.6 is 0 Å². The minimum absolute atomic E-state index is 0.192. The summed E-state index contributed by atoms with van der Waals surface area (Å²) < 4.78 is 5.56. The lowest BCUT2D eigenvalue weighted by Crippen LogP contribution is -2.19. The minimum Gasteiger partial charge on any atom is -0.469 e. The molecule has 0 saturated carbocycles. The van der Waals surface area contributed by atoms with Crippen LogP contribution in [0, 0.1) is 0 Å². The molecule has 2 heteroatoms. The largest absolute Gasteiger partial charge is 0.469 e. The van der Waals surface area contributed by atoms with Crippen LogP contribution in [0.4, 0.5) is 0 Å². The van der Waals surface area contributed by atoms with E-state index in [4.69, 9.17) is 4.42 Å². The SMILES string of the molecule is CCc1occc1C(NC)c1ccc(C(C)(C)C)cc1. The second-order valence-corrected chi connectivity index (χ2v) is 6.25. The number of benzene rings is 1. The molecule has 1 atom stereocenters. The van der Waals surface area contributed by atoms with Crippen LogP contribution in [-0.2, 0) is 11.8 Å². The lowest BCUT2D eigenvalue weighted by atomic mass is 9.86. The van der Waals surface area contributed by atoms with Crippen molar-refractivity contribution in [3.63, 3.8) is 0 Å². The van der Waals surface area contributed by atoms with E-state index in [1.54, 1.807) is 6.26 Å². The summed E-state index contributed by atoms with van der Waals surface area (Å²) in [6.45, 7) is 8.84. The van der Waals surface area contributed by atoms with E-state index in [-0.39, 0.29) is 11.5 Å². The van der Waals surface area contributed by atoms with Gasteiger partial charge >= 0.3 is 0 Å². The molecule has 1 heterocycles. The van der Waals surface area contributed by atoms with Gasteiger partial charge in [0.25, 0.3) is 0 Å². The first-order chi connectivity index (χ1) is 9.47. The summed E-state index contributed by atoms with van der Waals surface area (Å²) in [6.07, 6.45) is 2.70. The zero-order valence-electron chi connectivity index (χ0n) is 13.2. The highest BCUT2D eigenvalue weighted by Crippen LogP contribution is 2.28. The van der Waals surface area contributed by atoms with E-state index >= 15 is 0 Å². The zero-order chi connectivity index (χ0) is 14.8. The maximum absolute atomic E-state index is 5.56. The first-order valence-corrected chi connectivity index (χ1v) is 7.31. The summed E-state index contributed by atoms with van der Waals surface area (Å²) in [7, 11) is 1.99. The number of rotatable bonds is 4. The van der Waals surface area contributed by atoms with Crippen LogP contribution in [0.2, 0.25) is 0 Å². The Labute approximate surface area is 122 Å². The van der Waals surface area contributed by atoms with E-state index < -0.39 is 0 Å². The minimum atomic E-state index is 0.192. The molecule has 0 radical (unpaired) electrons. The summed E-state index contributed by atoms with van der Waals surface area (Å²) in [5.41, 5.74) is 4.06. The Bertz CT molecular complexity index is 546. The third-order valence-electron chi connectivity index (χ3n) is 3.81. The highest BCUT2D eigenvalue weighted by atomic mass is 16.3. The Morgan fingerprint density at radius 2 is 1.75 bits per heavy atom. The van der Waals surface area contributed by atoms with E-state index in [9.17, 15) is 0 Å². The maximum Gasteiger partial charge on any atom is 0.108 e. The van der Waals surface area contributed by atoms with Crippen LogP contribution in [0.15, 0.2) is 41.0 Å². The summed E-state index contributed by atoms with van der Waals surface area (Å²) >= 11 is 0. The fourth-order valence-electron chi connectivity index (χ4n) is 2.57. The Morgan fingerprint density at radius 3 is 2.25 bits per heavy atom. The predicted molar refractivity (Wildman–Crippen MR) is 84.1 cm³/mol. The molecule has 2 aromatic rings. The van der Waals surface area contributed by atoms with E-state index in [1.165, 1.54) is 16.7 Å². The number of aryl methyl sites for hydroxylation is 1. The monoisotopic (exact) mass is 271 g/mol. The van der Waals surface area contributed by atoms with Gasteiger partial charge in [-0.15, -0.1) is 0 Å². The van der Waals surface area contributed by atoms with Crippen LogP contribution in [0.1, 0.15) is 56.2 Å². The Morgan fingerprint density at radius 1 is 1.10 bits per heavy atom. The van der Waals surface area contributed by atoms with Crippen molar-refractivity contribution in [3.8, 4) is 0 Å². The second kappa shape index (κ2) is 5.84. The third-order valence-corrected chi connectivity index (χ3v) is 3.81. The van der Waals surface area contributed by atoms with Crippen molar-refractivity contribution >= 4 is 0 Å². The van der Waals surface area contributed by atoms with Crippen molar-refractivity contribution in [2.75, 3.05) is 7.05 Å². The molecule has 0 bridgehead atoms. The molecule has 1 N–H and O–H groups in total.